The van der Waals surface area contributed by atoms with E-state index in [1.807, 2.05) is 0 Å². The molecule has 2 heterocycles. The fourth-order valence-corrected chi connectivity index (χ4v) is 11.4. The molecule has 358 valence electrons. The highest BCUT2D eigenvalue weighted by atomic mass is 15.2. The lowest BCUT2D eigenvalue weighted by Gasteiger charge is -2.28. The summed E-state index contributed by atoms with van der Waals surface area (Å²) in [4.78, 5) is 4.80. The van der Waals surface area contributed by atoms with Crippen LogP contribution in [0.15, 0.2) is 303 Å². The third kappa shape index (κ3) is 7.97. The van der Waals surface area contributed by atoms with Gasteiger partial charge in [-0.3, -0.25) is 0 Å². The molecule has 76 heavy (non-hydrogen) atoms. The Morgan fingerprint density at radius 2 is 0.447 bits per heavy atom. The zero-order valence-corrected chi connectivity index (χ0v) is 41.7. The first-order valence-electron chi connectivity index (χ1n) is 26.0. The molecule has 0 radical (unpaired) electrons. The SMILES string of the molecule is c1ccc(-c2ccc(N(c3ccccc3)c3cc(-c4cc(N(c5ccccc5)c5ccc(-c6ccccc6)cc5)cc(-n5c6ccccc6c6ccccc65)c4)cc(-n4c5ccccc5c5ccccc54)c3)cc2)cc1. The number of anilines is 6. The van der Waals surface area contributed by atoms with Gasteiger partial charge >= 0.3 is 0 Å². The molecule has 0 saturated carbocycles. The molecule has 12 aromatic carbocycles. The largest absolute Gasteiger partial charge is 0.310 e. The van der Waals surface area contributed by atoms with Gasteiger partial charge in [0.25, 0.3) is 0 Å². The minimum atomic E-state index is 1.04. The van der Waals surface area contributed by atoms with Crippen LogP contribution in [0.2, 0.25) is 0 Å². The molecule has 14 aromatic rings. The highest BCUT2D eigenvalue weighted by Crippen LogP contribution is 2.45. The van der Waals surface area contributed by atoms with E-state index in [1.54, 1.807) is 0 Å². The van der Waals surface area contributed by atoms with Gasteiger partial charge in [0, 0.05) is 67.0 Å². The number of hydrogen-bond acceptors (Lipinski definition) is 2. The first-order chi connectivity index (χ1) is 37.7. The van der Waals surface area contributed by atoms with Crippen LogP contribution < -0.4 is 9.80 Å². The number of para-hydroxylation sites is 6. The average molecular weight is 971 g/mol. The summed E-state index contributed by atoms with van der Waals surface area (Å²) < 4.78 is 4.89. The first kappa shape index (κ1) is 44.5. The van der Waals surface area contributed by atoms with E-state index in [0.29, 0.717) is 0 Å². The van der Waals surface area contributed by atoms with Crippen molar-refractivity contribution in [2.24, 2.45) is 0 Å². The Bertz CT molecular complexity index is 3980. The van der Waals surface area contributed by atoms with E-state index in [4.69, 9.17) is 0 Å². The lowest BCUT2D eigenvalue weighted by atomic mass is 10.00. The Hall–Kier alpha value is -10.2. The average Bonchev–Trinajstić information content (AvgIpc) is 4.04. The minimum Gasteiger partial charge on any atom is -0.310 e. The number of aromatic nitrogens is 2. The van der Waals surface area contributed by atoms with Crippen LogP contribution >= 0.6 is 0 Å². The first-order valence-corrected chi connectivity index (χ1v) is 26.0. The smallest absolute Gasteiger partial charge is 0.0541 e. The van der Waals surface area contributed by atoms with Crippen molar-refractivity contribution >= 4 is 77.7 Å². The van der Waals surface area contributed by atoms with Crippen molar-refractivity contribution in [2.75, 3.05) is 9.80 Å². The summed E-state index contributed by atoms with van der Waals surface area (Å²) in [5.74, 6) is 0. The Labute approximate surface area is 442 Å². The van der Waals surface area contributed by atoms with E-state index in [9.17, 15) is 0 Å². The number of benzene rings is 12. The van der Waals surface area contributed by atoms with Gasteiger partial charge in [-0.1, -0.05) is 194 Å². The van der Waals surface area contributed by atoms with Crippen molar-refractivity contribution < 1.29 is 0 Å². The van der Waals surface area contributed by atoms with E-state index in [2.05, 4.69) is 322 Å². The fraction of sp³-hybridized carbons (Fsp3) is 0. The lowest BCUT2D eigenvalue weighted by molar-refractivity contribution is 1.16. The van der Waals surface area contributed by atoms with Gasteiger partial charge in [-0.2, -0.15) is 0 Å². The second-order valence-electron chi connectivity index (χ2n) is 19.4. The van der Waals surface area contributed by atoms with Crippen molar-refractivity contribution in [3.8, 4) is 44.8 Å². The van der Waals surface area contributed by atoms with E-state index in [0.717, 1.165) is 78.7 Å². The minimum absolute atomic E-state index is 1.04. The molecule has 4 nitrogen and oxygen atoms in total. The second-order valence-corrected chi connectivity index (χ2v) is 19.4. The maximum Gasteiger partial charge on any atom is 0.0541 e. The zero-order chi connectivity index (χ0) is 50.4. The molecule has 0 N–H and O–H groups in total. The molecule has 4 heteroatoms. The number of rotatable bonds is 11. The molecule has 0 unspecified atom stereocenters. The van der Waals surface area contributed by atoms with Crippen molar-refractivity contribution in [1.29, 1.82) is 0 Å². The summed E-state index contributed by atoms with van der Waals surface area (Å²) in [6, 6.07) is 110. The van der Waals surface area contributed by atoms with Gasteiger partial charge in [-0.15, -0.1) is 0 Å². The van der Waals surface area contributed by atoms with Crippen LogP contribution in [0.1, 0.15) is 0 Å². The molecule has 0 aliphatic heterocycles. The van der Waals surface area contributed by atoms with Crippen LogP contribution in [-0.2, 0) is 0 Å². The molecule has 0 fully saturated rings. The van der Waals surface area contributed by atoms with Gasteiger partial charge in [0.05, 0.1) is 22.1 Å². The normalized spacial score (nSPS) is 11.4. The molecule has 0 aliphatic carbocycles. The van der Waals surface area contributed by atoms with Crippen LogP contribution in [-0.4, -0.2) is 9.13 Å². The molecule has 0 aliphatic rings. The Kier molecular flexibility index (Phi) is 11.2. The van der Waals surface area contributed by atoms with E-state index in [1.165, 1.54) is 43.8 Å². The second kappa shape index (κ2) is 19.0. The summed E-state index contributed by atoms with van der Waals surface area (Å²) in [6.07, 6.45) is 0. The van der Waals surface area contributed by atoms with Gasteiger partial charge in [0.15, 0.2) is 0 Å². The number of fused-ring (bicyclic) bond motifs is 6. The van der Waals surface area contributed by atoms with Gasteiger partial charge in [0.2, 0.25) is 0 Å². The molecule has 0 spiro atoms. The van der Waals surface area contributed by atoms with Gasteiger partial charge in [-0.25, -0.2) is 0 Å². The van der Waals surface area contributed by atoms with Crippen molar-refractivity contribution in [3.05, 3.63) is 303 Å². The van der Waals surface area contributed by atoms with Crippen LogP contribution in [0.5, 0.6) is 0 Å². The Morgan fingerprint density at radius 3 is 0.776 bits per heavy atom. The van der Waals surface area contributed by atoms with Crippen molar-refractivity contribution in [2.45, 2.75) is 0 Å². The third-order valence-electron chi connectivity index (χ3n) is 14.8. The predicted molar refractivity (Wildman–Crippen MR) is 321 cm³/mol. The van der Waals surface area contributed by atoms with E-state index in [-0.39, 0.29) is 0 Å². The standard InChI is InChI=1S/C72H50N4/c1-5-21-51(22-6-1)53-37-41-59(42-38-53)73(57-25-9-3-10-26-57)61-45-55(47-63(49-61)75-69-33-17-13-29-65(69)66-30-14-18-34-70(66)75)56-46-62(50-64(48-56)76-71-35-19-15-31-67(71)68-32-16-20-36-72(68)76)74(58-27-11-4-12-28-58)60-43-39-54(40-44-60)52-23-7-2-8-24-52/h1-50H. The maximum atomic E-state index is 2.45. The van der Waals surface area contributed by atoms with Crippen LogP contribution in [0, 0.1) is 0 Å². The molecular weight excluding hydrogens is 921 g/mol. The number of hydrogen-bond donors (Lipinski definition) is 0. The maximum absolute atomic E-state index is 2.45. The molecule has 0 bridgehead atoms. The van der Waals surface area contributed by atoms with Crippen LogP contribution in [0.4, 0.5) is 34.1 Å². The monoisotopic (exact) mass is 970 g/mol. The highest BCUT2D eigenvalue weighted by Gasteiger charge is 2.22. The van der Waals surface area contributed by atoms with Crippen LogP contribution in [0.3, 0.4) is 0 Å². The van der Waals surface area contributed by atoms with Crippen molar-refractivity contribution in [1.82, 2.24) is 9.13 Å². The molecule has 14 rings (SSSR count). The molecule has 0 amide bonds. The van der Waals surface area contributed by atoms with Gasteiger partial charge in [0.1, 0.15) is 0 Å². The van der Waals surface area contributed by atoms with Crippen molar-refractivity contribution in [3.63, 3.8) is 0 Å². The lowest BCUT2D eigenvalue weighted by Crippen LogP contribution is -2.12. The Balaban J connectivity index is 1.05. The third-order valence-corrected chi connectivity index (χ3v) is 14.8. The quantitative estimate of drug-likeness (QED) is 0.128. The molecule has 0 atom stereocenters. The molecule has 0 saturated heterocycles. The topological polar surface area (TPSA) is 16.3 Å². The zero-order valence-electron chi connectivity index (χ0n) is 41.7. The summed E-state index contributed by atoms with van der Waals surface area (Å²) in [5.41, 5.74) is 19.9. The predicted octanol–water partition coefficient (Wildman–Crippen LogP) is 19.8. The molecular formula is C72H50N4. The number of nitrogens with zero attached hydrogens (tertiary/aromatic N) is 4. The summed E-state index contributed by atoms with van der Waals surface area (Å²) in [6.45, 7) is 0. The van der Waals surface area contributed by atoms with Gasteiger partial charge in [-0.05, 0) is 143 Å². The van der Waals surface area contributed by atoms with Gasteiger partial charge < -0.3 is 18.9 Å². The fourth-order valence-electron chi connectivity index (χ4n) is 11.4. The molecule has 2 aromatic heterocycles. The Morgan fingerprint density at radius 1 is 0.184 bits per heavy atom. The van der Waals surface area contributed by atoms with Crippen LogP contribution in [0.25, 0.3) is 88.4 Å². The summed E-state index contributed by atoms with van der Waals surface area (Å²) in [7, 11) is 0. The summed E-state index contributed by atoms with van der Waals surface area (Å²) >= 11 is 0. The van der Waals surface area contributed by atoms with E-state index < -0.39 is 0 Å². The van der Waals surface area contributed by atoms with E-state index >= 15 is 0 Å². The highest BCUT2D eigenvalue weighted by molar-refractivity contribution is 6.10. The summed E-state index contributed by atoms with van der Waals surface area (Å²) in [5, 5.41) is 4.87.